The average Bonchev–Trinajstić information content (AvgIpc) is 2.54. The van der Waals surface area contributed by atoms with E-state index in [2.05, 4.69) is 11.3 Å². The molecule has 3 unspecified atom stereocenters. The lowest BCUT2D eigenvalue weighted by Gasteiger charge is -2.15. The van der Waals surface area contributed by atoms with Gasteiger partial charge in [0.05, 0.1) is 5.92 Å². The van der Waals surface area contributed by atoms with Crippen LogP contribution in [-0.2, 0) is 28.6 Å². The Labute approximate surface area is 105 Å². The molecule has 0 aliphatic carbocycles. The second-order valence-electron chi connectivity index (χ2n) is 4.30. The molecule has 1 heterocycles. The van der Waals surface area contributed by atoms with E-state index in [0.29, 0.717) is 0 Å². The molecule has 0 aromatic carbocycles. The summed E-state index contributed by atoms with van der Waals surface area (Å²) in [6, 6.07) is 0. The van der Waals surface area contributed by atoms with E-state index in [9.17, 15) is 14.4 Å². The van der Waals surface area contributed by atoms with Crippen LogP contribution in [0.3, 0.4) is 0 Å². The van der Waals surface area contributed by atoms with Gasteiger partial charge >= 0.3 is 17.9 Å². The van der Waals surface area contributed by atoms with E-state index in [1.165, 1.54) is 6.92 Å². The molecule has 0 aromatic heterocycles. The van der Waals surface area contributed by atoms with Crippen LogP contribution in [0.25, 0.3) is 0 Å². The first-order chi connectivity index (χ1) is 8.32. The molecule has 0 aromatic rings. The Hall–Kier alpha value is -1.85. The number of rotatable bonds is 4. The fraction of sp³-hybridized carbons (Fsp3) is 0.583. The van der Waals surface area contributed by atoms with Crippen molar-refractivity contribution >= 4 is 17.9 Å². The Morgan fingerprint density at radius 2 is 2.00 bits per heavy atom. The van der Waals surface area contributed by atoms with E-state index >= 15 is 0 Å². The number of hydrogen-bond acceptors (Lipinski definition) is 6. The second-order valence-corrected chi connectivity index (χ2v) is 4.30. The summed E-state index contributed by atoms with van der Waals surface area (Å²) in [6.45, 7) is 7.75. The third kappa shape index (κ3) is 3.32. The van der Waals surface area contributed by atoms with Gasteiger partial charge in [-0.1, -0.05) is 20.4 Å². The first kappa shape index (κ1) is 14.2. The van der Waals surface area contributed by atoms with Gasteiger partial charge in [0.25, 0.3) is 6.29 Å². The van der Waals surface area contributed by atoms with Gasteiger partial charge in [0.2, 0.25) is 0 Å². The van der Waals surface area contributed by atoms with Crippen LogP contribution in [0.5, 0.6) is 0 Å². The SMILES string of the molecule is C=C(C)C(=O)OCC(=O)OC1OC(=O)C(C)C1C. The molecule has 1 saturated heterocycles. The van der Waals surface area contributed by atoms with Gasteiger partial charge in [0.15, 0.2) is 6.61 Å². The van der Waals surface area contributed by atoms with E-state index in [1.807, 2.05) is 0 Å². The maximum absolute atomic E-state index is 11.4. The molecular weight excluding hydrogens is 240 g/mol. The molecule has 0 spiro atoms. The van der Waals surface area contributed by atoms with E-state index in [0.717, 1.165) is 0 Å². The van der Waals surface area contributed by atoms with Crippen molar-refractivity contribution in [3.8, 4) is 0 Å². The van der Waals surface area contributed by atoms with E-state index < -0.39 is 30.8 Å². The summed E-state index contributed by atoms with van der Waals surface area (Å²) in [5.74, 6) is -2.38. The molecule has 1 rings (SSSR count). The minimum absolute atomic E-state index is 0.192. The van der Waals surface area contributed by atoms with Crippen LogP contribution in [0.1, 0.15) is 20.8 Å². The largest absolute Gasteiger partial charge is 0.450 e. The number of hydrogen-bond donors (Lipinski definition) is 0. The standard InChI is InChI=1S/C12H16O6/c1-6(2)10(14)16-5-9(13)17-12-8(4)7(3)11(15)18-12/h7-8,12H,1,5H2,2-4H3. The maximum Gasteiger partial charge on any atom is 0.347 e. The van der Waals surface area contributed by atoms with Crippen molar-refractivity contribution in [3.05, 3.63) is 12.2 Å². The number of carbonyl (C=O) groups is 3. The van der Waals surface area contributed by atoms with Crippen LogP contribution in [0.2, 0.25) is 0 Å². The van der Waals surface area contributed by atoms with Crippen LogP contribution in [0.15, 0.2) is 12.2 Å². The fourth-order valence-electron chi connectivity index (χ4n) is 1.32. The molecular formula is C12H16O6. The van der Waals surface area contributed by atoms with Gasteiger partial charge in [-0.25, -0.2) is 9.59 Å². The maximum atomic E-state index is 11.4. The normalized spacial score (nSPS) is 26.4. The van der Waals surface area contributed by atoms with Crippen molar-refractivity contribution in [1.29, 1.82) is 0 Å². The Morgan fingerprint density at radius 3 is 2.44 bits per heavy atom. The summed E-state index contributed by atoms with van der Waals surface area (Å²) in [6.07, 6.45) is -0.913. The number of esters is 3. The summed E-state index contributed by atoms with van der Waals surface area (Å²) in [7, 11) is 0. The molecule has 6 heteroatoms. The Kier molecular flexibility index (Phi) is 4.47. The third-order valence-corrected chi connectivity index (χ3v) is 2.74. The topological polar surface area (TPSA) is 78.9 Å². The van der Waals surface area contributed by atoms with E-state index in [4.69, 9.17) is 9.47 Å². The Morgan fingerprint density at radius 1 is 1.39 bits per heavy atom. The Bertz CT molecular complexity index is 386. The lowest BCUT2D eigenvalue weighted by Crippen LogP contribution is -2.26. The molecule has 0 bridgehead atoms. The lowest BCUT2D eigenvalue weighted by atomic mass is 9.99. The monoisotopic (exact) mass is 256 g/mol. The summed E-state index contributed by atoms with van der Waals surface area (Å²) in [4.78, 5) is 33.6. The zero-order chi connectivity index (χ0) is 13.9. The lowest BCUT2D eigenvalue weighted by molar-refractivity contribution is -0.185. The zero-order valence-electron chi connectivity index (χ0n) is 10.6. The fourth-order valence-corrected chi connectivity index (χ4v) is 1.32. The van der Waals surface area contributed by atoms with Crippen molar-refractivity contribution in [3.63, 3.8) is 0 Å². The van der Waals surface area contributed by atoms with Gasteiger partial charge in [0.1, 0.15) is 0 Å². The predicted octanol–water partition coefficient (Wildman–Crippen LogP) is 0.804. The molecule has 1 fully saturated rings. The van der Waals surface area contributed by atoms with Gasteiger partial charge in [0, 0.05) is 11.5 Å². The highest BCUT2D eigenvalue weighted by Gasteiger charge is 2.41. The molecule has 6 nitrogen and oxygen atoms in total. The highest BCUT2D eigenvalue weighted by molar-refractivity contribution is 5.88. The minimum atomic E-state index is -0.913. The average molecular weight is 256 g/mol. The van der Waals surface area contributed by atoms with Crippen molar-refractivity contribution in [2.24, 2.45) is 11.8 Å². The molecule has 1 aliphatic rings. The summed E-state index contributed by atoms with van der Waals surface area (Å²) >= 11 is 0. The molecule has 0 saturated carbocycles. The van der Waals surface area contributed by atoms with Gasteiger partial charge < -0.3 is 14.2 Å². The van der Waals surface area contributed by atoms with Crippen LogP contribution in [-0.4, -0.2) is 30.8 Å². The van der Waals surface area contributed by atoms with Gasteiger partial charge in [-0.3, -0.25) is 4.79 Å². The molecule has 0 amide bonds. The number of carbonyl (C=O) groups excluding carboxylic acids is 3. The van der Waals surface area contributed by atoms with E-state index in [-0.39, 0.29) is 17.4 Å². The van der Waals surface area contributed by atoms with Crippen LogP contribution in [0, 0.1) is 11.8 Å². The van der Waals surface area contributed by atoms with E-state index in [1.54, 1.807) is 13.8 Å². The highest BCUT2D eigenvalue weighted by Crippen LogP contribution is 2.28. The van der Waals surface area contributed by atoms with Gasteiger partial charge in [-0.15, -0.1) is 0 Å². The molecule has 1 aliphatic heterocycles. The molecule has 18 heavy (non-hydrogen) atoms. The van der Waals surface area contributed by atoms with Crippen LogP contribution < -0.4 is 0 Å². The first-order valence-electron chi connectivity index (χ1n) is 5.55. The number of cyclic esters (lactones) is 1. The smallest absolute Gasteiger partial charge is 0.347 e. The van der Waals surface area contributed by atoms with Crippen molar-refractivity contribution in [1.82, 2.24) is 0 Å². The minimum Gasteiger partial charge on any atom is -0.450 e. The molecule has 0 radical (unpaired) electrons. The van der Waals surface area contributed by atoms with Crippen molar-refractivity contribution in [2.75, 3.05) is 6.61 Å². The molecule has 3 atom stereocenters. The summed E-state index contributed by atoms with van der Waals surface area (Å²) < 4.78 is 14.4. The molecule has 100 valence electrons. The van der Waals surface area contributed by atoms with Crippen molar-refractivity contribution in [2.45, 2.75) is 27.1 Å². The van der Waals surface area contributed by atoms with Gasteiger partial charge in [-0.05, 0) is 6.92 Å². The Balaban J connectivity index is 2.40. The quantitative estimate of drug-likeness (QED) is 0.547. The van der Waals surface area contributed by atoms with Crippen molar-refractivity contribution < 1.29 is 28.6 Å². The zero-order valence-corrected chi connectivity index (χ0v) is 10.6. The van der Waals surface area contributed by atoms with Crippen LogP contribution >= 0.6 is 0 Å². The van der Waals surface area contributed by atoms with Crippen LogP contribution in [0.4, 0.5) is 0 Å². The third-order valence-electron chi connectivity index (χ3n) is 2.74. The summed E-state index contributed by atoms with van der Waals surface area (Å²) in [5, 5.41) is 0. The summed E-state index contributed by atoms with van der Waals surface area (Å²) in [5.41, 5.74) is 0.192. The predicted molar refractivity (Wildman–Crippen MR) is 60.1 cm³/mol. The second kappa shape index (κ2) is 5.66. The highest BCUT2D eigenvalue weighted by atomic mass is 16.7. The number of ether oxygens (including phenoxy) is 3. The van der Waals surface area contributed by atoms with Gasteiger partial charge in [-0.2, -0.15) is 0 Å². The molecule has 0 N–H and O–H groups in total. The first-order valence-corrected chi connectivity index (χ1v) is 5.55.